The largest absolute Gasteiger partial charge is 0.478 e. The number of rotatable bonds is 6. The van der Waals surface area contributed by atoms with Crippen molar-refractivity contribution < 1.29 is 14.7 Å². The minimum Gasteiger partial charge on any atom is -0.478 e. The molecule has 2 aromatic carbocycles. The van der Waals surface area contributed by atoms with Crippen LogP contribution in [-0.2, 0) is 11.2 Å². The Kier molecular flexibility index (Phi) is 6.19. The fraction of sp³-hybridized carbons (Fsp3) is 0.364. The Morgan fingerprint density at radius 1 is 1.04 bits per heavy atom. The van der Waals surface area contributed by atoms with Crippen LogP contribution < -0.4 is 5.32 Å². The third-order valence-corrected chi connectivity index (χ3v) is 4.54. The highest BCUT2D eigenvalue weighted by Gasteiger charge is 2.28. The number of hydrogen-bond donors (Lipinski definition) is 2. The smallest absolute Gasteiger partial charge is 0.335 e. The average Bonchev–Trinajstić information content (AvgIpc) is 2.58. The van der Waals surface area contributed by atoms with Crippen LogP contribution in [0.15, 0.2) is 48.5 Å². The second-order valence-electron chi connectivity index (χ2n) is 7.69. The van der Waals surface area contributed by atoms with Crippen LogP contribution in [0.1, 0.15) is 60.3 Å². The van der Waals surface area contributed by atoms with Crippen LogP contribution in [0.25, 0.3) is 0 Å². The summed E-state index contributed by atoms with van der Waals surface area (Å²) in [4.78, 5) is 23.9. The number of carboxylic acids is 1. The molecule has 2 N–H and O–H groups in total. The number of amides is 1. The lowest BCUT2D eigenvalue weighted by Crippen LogP contribution is -2.37. The van der Waals surface area contributed by atoms with Gasteiger partial charge in [-0.2, -0.15) is 0 Å². The number of aromatic carboxylic acids is 1. The highest BCUT2D eigenvalue weighted by Crippen LogP contribution is 2.34. The van der Waals surface area contributed by atoms with Gasteiger partial charge >= 0.3 is 5.97 Å². The van der Waals surface area contributed by atoms with Crippen LogP contribution in [0.3, 0.4) is 0 Å². The molecular weight excluding hydrogens is 326 g/mol. The lowest BCUT2D eigenvalue weighted by Gasteiger charge is -2.33. The first-order valence-electron chi connectivity index (χ1n) is 8.86. The third-order valence-electron chi connectivity index (χ3n) is 4.54. The van der Waals surface area contributed by atoms with Crippen molar-refractivity contribution in [1.29, 1.82) is 0 Å². The van der Waals surface area contributed by atoms with Gasteiger partial charge in [-0.1, -0.05) is 63.2 Å². The minimum absolute atomic E-state index is 0.0756. The Bertz CT molecular complexity index is 790. The molecule has 0 aromatic heterocycles. The fourth-order valence-electron chi connectivity index (χ4n) is 3.10. The number of benzene rings is 2. The summed E-state index contributed by atoms with van der Waals surface area (Å²) >= 11 is 0. The maximum atomic E-state index is 12.6. The topological polar surface area (TPSA) is 66.4 Å². The molecule has 0 fully saturated rings. The molecule has 2 aromatic rings. The van der Waals surface area contributed by atoms with Crippen molar-refractivity contribution in [3.8, 4) is 0 Å². The molecule has 2 rings (SSSR count). The average molecular weight is 353 g/mol. The van der Waals surface area contributed by atoms with Gasteiger partial charge in [-0.3, -0.25) is 4.79 Å². The van der Waals surface area contributed by atoms with E-state index < -0.39 is 5.97 Å². The molecule has 26 heavy (non-hydrogen) atoms. The number of carbonyl (C=O) groups excluding carboxylic acids is 1. The number of hydrogen-bond acceptors (Lipinski definition) is 2. The summed E-state index contributed by atoms with van der Waals surface area (Å²) in [5, 5.41) is 12.4. The van der Waals surface area contributed by atoms with Gasteiger partial charge in [0.25, 0.3) is 0 Å². The number of carboxylic acid groups (broad SMARTS) is 1. The second-order valence-corrected chi connectivity index (χ2v) is 7.69. The van der Waals surface area contributed by atoms with E-state index in [0.717, 1.165) is 11.1 Å². The Balaban J connectivity index is 2.12. The standard InChI is InChI=1S/C22H27NO3/c1-15-9-5-7-11-17(15)20(22(2,3)4)23-19(24)14-13-16-10-6-8-12-18(16)21(25)26/h5-12,20H,13-14H2,1-4H3,(H,23,24)(H,25,26). The van der Waals surface area contributed by atoms with E-state index in [1.807, 2.05) is 31.2 Å². The van der Waals surface area contributed by atoms with Crippen LogP contribution >= 0.6 is 0 Å². The van der Waals surface area contributed by atoms with E-state index in [2.05, 4.69) is 26.1 Å². The predicted octanol–water partition coefficient (Wildman–Crippen LogP) is 4.53. The van der Waals surface area contributed by atoms with Crippen molar-refractivity contribution in [2.45, 2.75) is 46.6 Å². The summed E-state index contributed by atoms with van der Waals surface area (Å²) in [6, 6.07) is 14.8. The van der Waals surface area contributed by atoms with Gasteiger partial charge in [0.1, 0.15) is 0 Å². The van der Waals surface area contributed by atoms with Crippen molar-refractivity contribution in [2.75, 3.05) is 0 Å². The molecule has 4 nitrogen and oxygen atoms in total. The van der Waals surface area contributed by atoms with Crippen molar-refractivity contribution in [2.24, 2.45) is 5.41 Å². The normalized spacial score (nSPS) is 12.5. The zero-order valence-electron chi connectivity index (χ0n) is 15.9. The Hall–Kier alpha value is -2.62. The molecular formula is C22H27NO3. The van der Waals surface area contributed by atoms with Gasteiger partial charge in [-0.15, -0.1) is 0 Å². The molecule has 0 aliphatic heterocycles. The second kappa shape index (κ2) is 8.17. The van der Waals surface area contributed by atoms with Crippen molar-refractivity contribution >= 4 is 11.9 Å². The molecule has 138 valence electrons. The molecule has 0 aliphatic carbocycles. The molecule has 1 atom stereocenters. The first-order chi connectivity index (χ1) is 12.2. The fourth-order valence-corrected chi connectivity index (χ4v) is 3.10. The van der Waals surface area contributed by atoms with Crippen molar-refractivity contribution in [3.63, 3.8) is 0 Å². The molecule has 0 saturated heterocycles. The minimum atomic E-state index is -0.964. The van der Waals surface area contributed by atoms with E-state index in [1.54, 1.807) is 24.3 Å². The van der Waals surface area contributed by atoms with Crippen LogP contribution in [0.2, 0.25) is 0 Å². The molecule has 0 heterocycles. The quantitative estimate of drug-likeness (QED) is 0.802. The molecule has 1 amide bonds. The van der Waals surface area contributed by atoms with Gasteiger partial charge in [0.05, 0.1) is 11.6 Å². The summed E-state index contributed by atoms with van der Waals surface area (Å²) in [7, 11) is 0. The Morgan fingerprint density at radius 3 is 2.27 bits per heavy atom. The van der Waals surface area contributed by atoms with E-state index in [0.29, 0.717) is 12.0 Å². The molecule has 0 bridgehead atoms. The summed E-state index contributed by atoms with van der Waals surface area (Å²) in [5.74, 6) is -1.04. The summed E-state index contributed by atoms with van der Waals surface area (Å²) in [5.41, 5.74) is 3.05. The van der Waals surface area contributed by atoms with Gasteiger partial charge < -0.3 is 10.4 Å². The van der Waals surface area contributed by atoms with E-state index in [1.165, 1.54) is 0 Å². The molecule has 0 spiro atoms. The van der Waals surface area contributed by atoms with Gasteiger partial charge in [0, 0.05) is 6.42 Å². The van der Waals surface area contributed by atoms with Crippen LogP contribution in [-0.4, -0.2) is 17.0 Å². The summed E-state index contributed by atoms with van der Waals surface area (Å²) in [6.07, 6.45) is 0.654. The zero-order chi connectivity index (χ0) is 19.3. The molecule has 1 unspecified atom stereocenters. The van der Waals surface area contributed by atoms with E-state index in [4.69, 9.17) is 0 Å². The number of nitrogens with one attached hydrogen (secondary N) is 1. The summed E-state index contributed by atoms with van der Waals surface area (Å²) in [6.45, 7) is 8.35. The maximum Gasteiger partial charge on any atom is 0.335 e. The maximum absolute atomic E-state index is 12.6. The first kappa shape index (κ1) is 19.7. The number of aryl methyl sites for hydroxylation is 2. The van der Waals surface area contributed by atoms with Gasteiger partial charge in [-0.05, 0) is 41.5 Å². The molecule has 4 heteroatoms. The van der Waals surface area contributed by atoms with Gasteiger partial charge in [0.2, 0.25) is 5.91 Å². The highest BCUT2D eigenvalue weighted by atomic mass is 16.4. The van der Waals surface area contributed by atoms with Crippen molar-refractivity contribution in [1.82, 2.24) is 5.32 Å². The monoisotopic (exact) mass is 353 g/mol. The molecule has 0 aliphatic rings. The first-order valence-corrected chi connectivity index (χ1v) is 8.86. The number of carbonyl (C=O) groups is 2. The summed E-state index contributed by atoms with van der Waals surface area (Å²) < 4.78 is 0. The van der Waals surface area contributed by atoms with Gasteiger partial charge in [0.15, 0.2) is 0 Å². The predicted molar refractivity (Wildman–Crippen MR) is 103 cm³/mol. The van der Waals surface area contributed by atoms with E-state index in [-0.39, 0.29) is 29.3 Å². The highest BCUT2D eigenvalue weighted by molar-refractivity contribution is 5.89. The zero-order valence-corrected chi connectivity index (χ0v) is 15.9. The van der Waals surface area contributed by atoms with Gasteiger partial charge in [-0.25, -0.2) is 4.79 Å². The van der Waals surface area contributed by atoms with E-state index in [9.17, 15) is 14.7 Å². The lowest BCUT2D eigenvalue weighted by atomic mass is 9.80. The molecule has 0 saturated carbocycles. The van der Waals surface area contributed by atoms with Crippen LogP contribution in [0.5, 0.6) is 0 Å². The van der Waals surface area contributed by atoms with Crippen molar-refractivity contribution in [3.05, 3.63) is 70.8 Å². The Labute approximate surface area is 155 Å². The SMILES string of the molecule is Cc1ccccc1C(NC(=O)CCc1ccccc1C(=O)O)C(C)(C)C. The molecule has 0 radical (unpaired) electrons. The third kappa shape index (κ3) is 4.94. The van der Waals surface area contributed by atoms with E-state index >= 15 is 0 Å². The van der Waals surface area contributed by atoms with Crippen LogP contribution in [0, 0.1) is 12.3 Å². The lowest BCUT2D eigenvalue weighted by molar-refractivity contribution is -0.122. The van der Waals surface area contributed by atoms with Crippen LogP contribution in [0.4, 0.5) is 0 Å². The Morgan fingerprint density at radius 2 is 1.65 bits per heavy atom.